The fourth-order valence-corrected chi connectivity index (χ4v) is 4.01. The molecule has 0 bridgehead atoms. The van der Waals surface area contributed by atoms with Crippen LogP contribution in [0.25, 0.3) is 11.1 Å². The maximum Gasteiger partial charge on any atom is 0.134 e. The molecule has 0 amide bonds. The molecule has 3 heteroatoms. The minimum Gasteiger partial charge on any atom is -0.496 e. The molecule has 0 fully saturated rings. The molecule has 2 aromatic carbocycles. The van der Waals surface area contributed by atoms with Gasteiger partial charge in [0, 0.05) is 0 Å². The zero-order valence-electron chi connectivity index (χ0n) is 11.6. The Hall–Kier alpha value is -1.58. The molecular weight excluding hydrogens is 344 g/mol. The molecule has 1 unspecified atom stereocenters. The van der Waals surface area contributed by atoms with Gasteiger partial charge in [-0.1, -0.05) is 70.5 Å². The van der Waals surface area contributed by atoms with Gasteiger partial charge in [0.1, 0.15) is 5.75 Å². The minimum absolute atomic E-state index is 0.164. The van der Waals surface area contributed by atoms with E-state index in [9.17, 15) is 0 Å². The number of rotatable bonds is 4. The molecule has 0 spiro atoms. The van der Waals surface area contributed by atoms with Crippen LogP contribution in [0, 0.1) is 0 Å². The highest BCUT2D eigenvalue weighted by Crippen LogP contribution is 2.40. The summed E-state index contributed by atoms with van der Waals surface area (Å²) in [4.78, 5) is 1.36. The topological polar surface area (TPSA) is 9.23 Å². The van der Waals surface area contributed by atoms with Crippen LogP contribution >= 0.6 is 27.3 Å². The lowest BCUT2D eigenvalue weighted by Crippen LogP contribution is -1.93. The van der Waals surface area contributed by atoms with Crippen LogP contribution < -0.4 is 4.74 Å². The van der Waals surface area contributed by atoms with Crippen LogP contribution in [0.2, 0.25) is 0 Å². The van der Waals surface area contributed by atoms with Crippen molar-refractivity contribution in [2.75, 3.05) is 7.11 Å². The summed E-state index contributed by atoms with van der Waals surface area (Å²) in [5.74, 6) is 0.939. The predicted octanol–water partition coefficient (Wildman–Crippen LogP) is 5.91. The van der Waals surface area contributed by atoms with Gasteiger partial charge in [-0.3, -0.25) is 0 Å². The second kappa shape index (κ2) is 6.46. The van der Waals surface area contributed by atoms with E-state index in [0.29, 0.717) is 0 Å². The minimum atomic E-state index is 0.164. The first kappa shape index (κ1) is 14.4. The average Bonchev–Trinajstić information content (AvgIpc) is 3.04. The Kier molecular flexibility index (Phi) is 4.42. The van der Waals surface area contributed by atoms with E-state index in [1.165, 1.54) is 21.6 Å². The second-order valence-electron chi connectivity index (χ2n) is 4.70. The number of alkyl halides is 1. The van der Waals surface area contributed by atoms with Gasteiger partial charge in [0.05, 0.1) is 16.8 Å². The van der Waals surface area contributed by atoms with E-state index in [1.807, 2.05) is 12.1 Å². The number of halogens is 1. The van der Waals surface area contributed by atoms with E-state index in [-0.39, 0.29) is 4.83 Å². The maximum atomic E-state index is 5.40. The van der Waals surface area contributed by atoms with Gasteiger partial charge < -0.3 is 4.74 Å². The Balaban J connectivity index is 1.87. The van der Waals surface area contributed by atoms with Crippen molar-refractivity contribution in [1.82, 2.24) is 0 Å². The lowest BCUT2D eigenvalue weighted by molar-refractivity contribution is 0.413. The summed E-state index contributed by atoms with van der Waals surface area (Å²) >= 11 is 5.48. The Bertz CT molecular complexity index is 704. The lowest BCUT2D eigenvalue weighted by Gasteiger charge is -2.11. The molecule has 0 saturated heterocycles. The molecular formula is C18H15BrOS. The highest BCUT2D eigenvalue weighted by Gasteiger charge is 2.16. The van der Waals surface area contributed by atoms with Crippen LogP contribution in [0.3, 0.4) is 0 Å². The molecule has 0 aliphatic rings. The van der Waals surface area contributed by atoms with E-state index in [0.717, 1.165) is 5.75 Å². The van der Waals surface area contributed by atoms with Gasteiger partial charge >= 0.3 is 0 Å². The molecule has 106 valence electrons. The molecule has 3 aromatic rings. The largest absolute Gasteiger partial charge is 0.496 e. The molecule has 0 radical (unpaired) electrons. The fourth-order valence-electron chi connectivity index (χ4n) is 2.29. The van der Waals surface area contributed by atoms with Crippen molar-refractivity contribution in [3.8, 4) is 16.9 Å². The van der Waals surface area contributed by atoms with Crippen LogP contribution in [-0.2, 0) is 0 Å². The van der Waals surface area contributed by atoms with Gasteiger partial charge in [0.2, 0.25) is 0 Å². The first-order valence-corrected chi connectivity index (χ1v) is 8.50. The van der Waals surface area contributed by atoms with E-state index in [2.05, 4.69) is 69.8 Å². The summed E-state index contributed by atoms with van der Waals surface area (Å²) in [6.45, 7) is 0. The fraction of sp³-hybridized carbons (Fsp3) is 0.111. The standard InChI is InChI=1S/C18H15BrOS/c1-20-16-11-12-21-18(16)17(19)15-9-7-14(8-10-15)13-5-3-2-4-6-13/h2-12,17H,1H3. The van der Waals surface area contributed by atoms with Gasteiger partial charge in [0.25, 0.3) is 0 Å². The predicted molar refractivity (Wildman–Crippen MR) is 93.5 cm³/mol. The van der Waals surface area contributed by atoms with Crippen molar-refractivity contribution in [2.24, 2.45) is 0 Å². The molecule has 0 aliphatic heterocycles. The Labute approximate surface area is 137 Å². The quantitative estimate of drug-likeness (QED) is 0.527. The van der Waals surface area contributed by atoms with Gasteiger partial charge in [-0.05, 0) is 28.1 Å². The molecule has 0 aliphatic carbocycles. The van der Waals surface area contributed by atoms with Gasteiger partial charge in [0.15, 0.2) is 0 Å². The van der Waals surface area contributed by atoms with E-state index in [1.54, 1.807) is 18.4 Å². The summed E-state index contributed by atoms with van der Waals surface area (Å²) in [6, 6.07) is 21.1. The van der Waals surface area contributed by atoms with Crippen LogP contribution in [-0.4, -0.2) is 7.11 Å². The van der Waals surface area contributed by atoms with E-state index < -0.39 is 0 Å². The number of hydrogen-bond donors (Lipinski definition) is 0. The van der Waals surface area contributed by atoms with Crippen molar-refractivity contribution in [2.45, 2.75) is 4.83 Å². The molecule has 1 atom stereocenters. The summed E-state index contributed by atoms with van der Waals surface area (Å²) in [6.07, 6.45) is 0. The average molecular weight is 359 g/mol. The molecule has 0 N–H and O–H groups in total. The molecule has 1 heterocycles. The third kappa shape index (κ3) is 3.04. The summed E-state index contributed by atoms with van der Waals surface area (Å²) in [7, 11) is 1.71. The third-order valence-electron chi connectivity index (χ3n) is 3.42. The van der Waals surface area contributed by atoms with Crippen molar-refractivity contribution < 1.29 is 4.74 Å². The first-order chi connectivity index (χ1) is 10.3. The number of thiophene rings is 1. The zero-order chi connectivity index (χ0) is 14.7. The highest BCUT2D eigenvalue weighted by atomic mass is 79.9. The molecule has 21 heavy (non-hydrogen) atoms. The number of hydrogen-bond acceptors (Lipinski definition) is 2. The summed E-state index contributed by atoms with van der Waals surface area (Å²) < 4.78 is 5.40. The van der Waals surface area contributed by atoms with E-state index >= 15 is 0 Å². The van der Waals surface area contributed by atoms with Gasteiger partial charge in [-0.15, -0.1) is 11.3 Å². The second-order valence-corrected chi connectivity index (χ2v) is 6.57. The molecule has 1 nitrogen and oxygen atoms in total. The molecule has 3 rings (SSSR count). The van der Waals surface area contributed by atoms with Gasteiger partial charge in [-0.2, -0.15) is 0 Å². The first-order valence-electron chi connectivity index (χ1n) is 6.70. The summed E-state index contributed by atoms with van der Waals surface area (Å²) in [5.41, 5.74) is 3.71. The number of methoxy groups -OCH3 is 1. The zero-order valence-corrected chi connectivity index (χ0v) is 14.0. The van der Waals surface area contributed by atoms with Crippen LogP contribution in [0.4, 0.5) is 0 Å². The van der Waals surface area contributed by atoms with Gasteiger partial charge in [-0.25, -0.2) is 0 Å². The van der Waals surface area contributed by atoms with Crippen molar-refractivity contribution >= 4 is 27.3 Å². The SMILES string of the molecule is COc1ccsc1C(Br)c1ccc(-c2ccccc2)cc1. The van der Waals surface area contributed by atoms with Crippen molar-refractivity contribution in [3.05, 3.63) is 76.5 Å². The highest BCUT2D eigenvalue weighted by molar-refractivity contribution is 9.09. The lowest BCUT2D eigenvalue weighted by atomic mass is 10.0. The van der Waals surface area contributed by atoms with Crippen LogP contribution in [0.5, 0.6) is 5.75 Å². The van der Waals surface area contributed by atoms with Crippen LogP contribution in [0.15, 0.2) is 66.0 Å². The number of benzene rings is 2. The Morgan fingerprint density at radius 3 is 2.24 bits per heavy atom. The summed E-state index contributed by atoms with van der Waals surface area (Å²) in [5, 5.41) is 2.06. The molecule has 1 aromatic heterocycles. The smallest absolute Gasteiger partial charge is 0.134 e. The Morgan fingerprint density at radius 2 is 1.57 bits per heavy atom. The normalized spacial score (nSPS) is 12.1. The van der Waals surface area contributed by atoms with Crippen molar-refractivity contribution in [3.63, 3.8) is 0 Å². The number of ether oxygens (including phenoxy) is 1. The molecule has 0 saturated carbocycles. The van der Waals surface area contributed by atoms with E-state index in [4.69, 9.17) is 4.74 Å². The van der Waals surface area contributed by atoms with Crippen molar-refractivity contribution in [1.29, 1.82) is 0 Å². The maximum absolute atomic E-state index is 5.40. The van der Waals surface area contributed by atoms with Crippen LogP contribution in [0.1, 0.15) is 15.3 Å². The monoisotopic (exact) mass is 358 g/mol. The Morgan fingerprint density at radius 1 is 0.905 bits per heavy atom. The third-order valence-corrected chi connectivity index (χ3v) is 5.67.